The van der Waals surface area contributed by atoms with Crippen LogP contribution in [0.5, 0.6) is 11.5 Å². The molecule has 0 aliphatic rings. The Labute approximate surface area is 185 Å². The van der Waals surface area contributed by atoms with Crippen molar-refractivity contribution in [3.63, 3.8) is 0 Å². The second-order valence-corrected chi connectivity index (χ2v) is 7.90. The third kappa shape index (κ3) is 4.83. The van der Waals surface area contributed by atoms with E-state index in [1.807, 2.05) is 36.4 Å². The Morgan fingerprint density at radius 2 is 1.87 bits per heavy atom. The molecule has 2 heterocycles. The smallest absolute Gasteiger partial charge is 0.267 e. The number of benzene rings is 2. The van der Waals surface area contributed by atoms with Gasteiger partial charge in [0, 0.05) is 6.20 Å². The molecule has 0 unspecified atom stereocenters. The number of methoxy groups -OCH3 is 1. The number of hydrogen-bond acceptors (Lipinski definition) is 6. The summed E-state index contributed by atoms with van der Waals surface area (Å²) in [6.45, 7) is 2.30. The minimum atomic E-state index is -0.202. The van der Waals surface area contributed by atoms with Gasteiger partial charge in [0.25, 0.3) is 5.91 Å². The molecule has 4 aromatic rings. The van der Waals surface area contributed by atoms with Gasteiger partial charge < -0.3 is 9.47 Å². The minimum absolute atomic E-state index is 0.136. The molecular formula is C24H23N3O3S. The van der Waals surface area contributed by atoms with Gasteiger partial charge in [-0.25, -0.2) is 4.98 Å². The van der Waals surface area contributed by atoms with Crippen molar-refractivity contribution in [3.05, 3.63) is 78.1 Å². The van der Waals surface area contributed by atoms with Crippen molar-refractivity contribution in [2.45, 2.75) is 19.9 Å². The first kappa shape index (κ1) is 20.8. The Hall–Kier alpha value is -3.45. The van der Waals surface area contributed by atoms with Gasteiger partial charge >= 0.3 is 0 Å². The molecular weight excluding hydrogens is 410 g/mol. The number of hydrogen-bond donors (Lipinski definition) is 0. The van der Waals surface area contributed by atoms with E-state index in [9.17, 15) is 4.79 Å². The molecule has 0 radical (unpaired) electrons. The maximum absolute atomic E-state index is 13.2. The van der Waals surface area contributed by atoms with Gasteiger partial charge in [0.05, 0.1) is 29.6 Å². The Morgan fingerprint density at radius 3 is 2.61 bits per heavy atom. The summed E-state index contributed by atoms with van der Waals surface area (Å²) < 4.78 is 12.1. The first-order chi connectivity index (χ1) is 15.2. The fraction of sp³-hybridized carbons (Fsp3) is 0.208. The Kier molecular flexibility index (Phi) is 6.43. The van der Waals surface area contributed by atoms with Crippen LogP contribution in [0.4, 0.5) is 5.13 Å². The Morgan fingerprint density at radius 1 is 1.06 bits per heavy atom. The zero-order valence-electron chi connectivity index (χ0n) is 17.4. The molecule has 0 fully saturated rings. The number of pyridine rings is 1. The van der Waals surface area contributed by atoms with E-state index in [1.165, 1.54) is 16.9 Å². The van der Waals surface area contributed by atoms with E-state index in [4.69, 9.17) is 14.5 Å². The van der Waals surface area contributed by atoms with Crippen LogP contribution in [-0.4, -0.2) is 29.6 Å². The second-order valence-electron chi connectivity index (χ2n) is 6.89. The lowest BCUT2D eigenvalue weighted by molar-refractivity contribution is -0.120. The molecule has 0 atom stereocenters. The third-order valence-corrected chi connectivity index (χ3v) is 5.89. The van der Waals surface area contributed by atoms with E-state index in [0.29, 0.717) is 23.2 Å². The Bertz CT molecular complexity index is 1180. The van der Waals surface area contributed by atoms with Crippen molar-refractivity contribution in [1.82, 2.24) is 9.97 Å². The molecule has 4 rings (SSSR count). The number of rotatable bonds is 8. The Balaban J connectivity index is 1.61. The monoisotopic (exact) mass is 433 g/mol. The van der Waals surface area contributed by atoms with Crippen LogP contribution in [0, 0.1) is 0 Å². The van der Waals surface area contributed by atoms with Crippen LogP contribution in [0.25, 0.3) is 10.2 Å². The van der Waals surface area contributed by atoms with Crippen LogP contribution in [0.15, 0.2) is 66.9 Å². The summed E-state index contributed by atoms with van der Waals surface area (Å²) in [5.74, 6) is 0.901. The van der Waals surface area contributed by atoms with E-state index in [2.05, 4.69) is 24.0 Å². The summed E-state index contributed by atoms with van der Waals surface area (Å²) in [6, 6.07) is 19.1. The number of amides is 1. The van der Waals surface area contributed by atoms with Crippen LogP contribution in [0.1, 0.15) is 18.2 Å². The van der Waals surface area contributed by atoms with Crippen molar-refractivity contribution in [2.75, 3.05) is 18.6 Å². The number of nitrogens with zero attached hydrogens (tertiary/aromatic N) is 3. The lowest BCUT2D eigenvalue weighted by atomic mass is 10.2. The average Bonchev–Trinajstić information content (AvgIpc) is 3.24. The highest BCUT2D eigenvalue weighted by molar-refractivity contribution is 7.22. The van der Waals surface area contributed by atoms with Crippen LogP contribution < -0.4 is 14.4 Å². The molecule has 0 N–H and O–H groups in total. The normalized spacial score (nSPS) is 10.8. The molecule has 0 saturated carbocycles. The molecule has 7 heteroatoms. The van der Waals surface area contributed by atoms with Gasteiger partial charge in [0.2, 0.25) is 0 Å². The van der Waals surface area contributed by atoms with Gasteiger partial charge in [-0.1, -0.05) is 42.5 Å². The van der Waals surface area contributed by atoms with E-state index in [0.717, 1.165) is 22.3 Å². The summed E-state index contributed by atoms with van der Waals surface area (Å²) >= 11 is 1.50. The molecule has 0 aliphatic carbocycles. The molecule has 1 amide bonds. The lowest BCUT2D eigenvalue weighted by Crippen LogP contribution is -2.34. The number of thiazole rings is 1. The van der Waals surface area contributed by atoms with Crippen LogP contribution in [0.3, 0.4) is 0 Å². The van der Waals surface area contributed by atoms with Gasteiger partial charge in [0.1, 0.15) is 0 Å². The number of carbonyl (C=O) groups excluding carboxylic acids is 1. The van der Waals surface area contributed by atoms with Gasteiger partial charge in [-0.15, -0.1) is 0 Å². The molecule has 6 nitrogen and oxygen atoms in total. The third-order valence-electron chi connectivity index (χ3n) is 4.85. The first-order valence-electron chi connectivity index (χ1n) is 10.0. The molecule has 0 saturated heterocycles. The van der Waals surface area contributed by atoms with E-state index in [-0.39, 0.29) is 12.5 Å². The summed E-state index contributed by atoms with van der Waals surface area (Å²) in [6.07, 6.45) is 2.67. The van der Waals surface area contributed by atoms with Gasteiger partial charge in [-0.05, 0) is 48.4 Å². The number of carbonyl (C=O) groups is 1. The van der Waals surface area contributed by atoms with Crippen LogP contribution in [-0.2, 0) is 17.8 Å². The highest BCUT2D eigenvalue weighted by atomic mass is 32.1. The van der Waals surface area contributed by atoms with E-state index >= 15 is 0 Å². The van der Waals surface area contributed by atoms with Crippen molar-refractivity contribution >= 4 is 32.6 Å². The van der Waals surface area contributed by atoms with Crippen molar-refractivity contribution in [2.24, 2.45) is 0 Å². The van der Waals surface area contributed by atoms with E-state index < -0.39 is 0 Å². The first-order valence-corrected chi connectivity index (χ1v) is 10.8. The number of ether oxygens (including phenoxy) is 2. The topological polar surface area (TPSA) is 64.6 Å². The summed E-state index contributed by atoms with van der Waals surface area (Å²) in [7, 11) is 1.57. The number of aryl methyl sites for hydroxylation is 1. The van der Waals surface area contributed by atoms with Gasteiger partial charge in [0.15, 0.2) is 23.2 Å². The molecule has 2 aromatic heterocycles. The summed E-state index contributed by atoms with van der Waals surface area (Å²) in [5, 5.41) is 0.627. The fourth-order valence-corrected chi connectivity index (χ4v) is 4.21. The SMILES string of the molecule is CCc1ccc2nc(N(Cc3ccccn3)C(=O)COc3ccccc3OC)sc2c1. The zero-order chi connectivity index (χ0) is 21.6. The highest BCUT2D eigenvalue weighted by Gasteiger charge is 2.22. The number of aromatic nitrogens is 2. The molecule has 0 spiro atoms. The maximum atomic E-state index is 13.2. The summed E-state index contributed by atoms with van der Waals surface area (Å²) in [5.41, 5.74) is 2.90. The van der Waals surface area contributed by atoms with Gasteiger partial charge in [-0.2, -0.15) is 0 Å². The predicted octanol–water partition coefficient (Wildman–Crippen LogP) is 4.87. The second kappa shape index (κ2) is 9.57. The standard InChI is InChI=1S/C24H23N3O3S/c1-3-17-11-12-19-22(14-17)31-24(26-19)27(15-18-8-6-7-13-25-18)23(28)16-30-21-10-5-4-9-20(21)29-2/h4-14H,3,15-16H2,1-2H3. The minimum Gasteiger partial charge on any atom is -0.493 e. The largest absolute Gasteiger partial charge is 0.493 e. The molecule has 158 valence electrons. The number of anilines is 1. The van der Waals surface area contributed by atoms with Crippen molar-refractivity contribution in [1.29, 1.82) is 0 Å². The van der Waals surface area contributed by atoms with E-state index in [1.54, 1.807) is 30.3 Å². The van der Waals surface area contributed by atoms with Crippen molar-refractivity contribution in [3.8, 4) is 11.5 Å². The van der Waals surface area contributed by atoms with Crippen LogP contribution in [0.2, 0.25) is 0 Å². The summed E-state index contributed by atoms with van der Waals surface area (Å²) in [4.78, 5) is 23.9. The van der Waals surface area contributed by atoms with Crippen molar-refractivity contribution < 1.29 is 14.3 Å². The molecule has 0 aliphatic heterocycles. The lowest BCUT2D eigenvalue weighted by Gasteiger charge is -2.20. The predicted molar refractivity (Wildman–Crippen MR) is 123 cm³/mol. The maximum Gasteiger partial charge on any atom is 0.267 e. The molecule has 2 aromatic carbocycles. The van der Waals surface area contributed by atoms with Crippen LogP contribution >= 0.6 is 11.3 Å². The number of fused-ring (bicyclic) bond motifs is 1. The fourth-order valence-electron chi connectivity index (χ4n) is 3.16. The average molecular weight is 434 g/mol. The number of para-hydroxylation sites is 2. The molecule has 31 heavy (non-hydrogen) atoms. The molecule has 0 bridgehead atoms. The highest BCUT2D eigenvalue weighted by Crippen LogP contribution is 2.31. The zero-order valence-corrected chi connectivity index (χ0v) is 18.3. The van der Waals surface area contributed by atoms with Gasteiger partial charge in [-0.3, -0.25) is 14.7 Å². The quantitative estimate of drug-likeness (QED) is 0.396.